The van der Waals surface area contributed by atoms with E-state index in [4.69, 9.17) is 0 Å². The Morgan fingerprint density at radius 2 is 2.56 bits per heavy atom. The number of ketones is 1. The minimum absolute atomic E-state index is 0.369. The lowest BCUT2D eigenvalue weighted by molar-refractivity contribution is -0.116. The van der Waals surface area contributed by atoms with Crippen molar-refractivity contribution in [3.63, 3.8) is 0 Å². The molecule has 0 spiro atoms. The SMILES string of the molecule is CCCC1CC(=O)CN1. The lowest BCUT2D eigenvalue weighted by atomic mass is 10.1. The van der Waals surface area contributed by atoms with Crippen LogP contribution in [0.2, 0.25) is 0 Å². The van der Waals surface area contributed by atoms with Gasteiger partial charge >= 0.3 is 0 Å². The summed E-state index contributed by atoms with van der Waals surface area (Å²) in [6.07, 6.45) is 3.07. The standard InChI is InChI=1S/C7H13NO/c1-2-3-6-4-7(9)5-8-6/h6,8H,2-5H2,1H3. The smallest absolute Gasteiger partial charge is 0.148 e. The summed E-state index contributed by atoms with van der Waals surface area (Å²) in [6, 6.07) is 0.488. The molecule has 1 saturated heterocycles. The molecule has 2 nitrogen and oxygen atoms in total. The van der Waals surface area contributed by atoms with Crippen LogP contribution in [0.3, 0.4) is 0 Å². The lowest BCUT2D eigenvalue weighted by Crippen LogP contribution is -2.20. The molecule has 52 valence electrons. The molecule has 1 aliphatic heterocycles. The number of rotatable bonds is 2. The van der Waals surface area contributed by atoms with Crippen molar-refractivity contribution in [3.8, 4) is 0 Å². The van der Waals surface area contributed by atoms with Gasteiger partial charge in [0.15, 0.2) is 0 Å². The van der Waals surface area contributed by atoms with Gasteiger partial charge in [-0.15, -0.1) is 0 Å². The van der Waals surface area contributed by atoms with E-state index in [1.165, 1.54) is 6.42 Å². The van der Waals surface area contributed by atoms with Crippen LogP contribution in [0.4, 0.5) is 0 Å². The van der Waals surface area contributed by atoms with Gasteiger partial charge in [0.05, 0.1) is 6.54 Å². The Balaban J connectivity index is 2.22. The summed E-state index contributed by atoms with van der Waals surface area (Å²) in [4.78, 5) is 10.7. The van der Waals surface area contributed by atoms with Crippen LogP contribution < -0.4 is 5.32 Å². The van der Waals surface area contributed by atoms with Crippen LogP contribution in [-0.2, 0) is 4.79 Å². The molecule has 1 rings (SSSR count). The van der Waals surface area contributed by atoms with Gasteiger partial charge in [-0.2, -0.15) is 0 Å². The van der Waals surface area contributed by atoms with Crippen molar-refractivity contribution < 1.29 is 4.79 Å². The highest BCUT2D eigenvalue weighted by Crippen LogP contribution is 2.06. The predicted molar refractivity (Wildman–Crippen MR) is 36.3 cm³/mol. The highest BCUT2D eigenvalue weighted by molar-refractivity contribution is 5.83. The Labute approximate surface area is 55.6 Å². The van der Waals surface area contributed by atoms with Crippen LogP contribution in [0.15, 0.2) is 0 Å². The molecule has 0 bridgehead atoms. The Kier molecular flexibility index (Phi) is 2.22. The van der Waals surface area contributed by atoms with Gasteiger partial charge in [0.25, 0.3) is 0 Å². The number of carbonyl (C=O) groups excluding carboxylic acids is 1. The van der Waals surface area contributed by atoms with Crippen molar-refractivity contribution in [2.75, 3.05) is 6.54 Å². The molecule has 9 heavy (non-hydrogen) atoms. The van der Waals surface area contributed by atoms with E-state index >= 15 is 0 Å². The first-order valence-electron chi connectivity index (χ1n) is 3.58. The quantitative estimate of drug-likeness (QED) is 0.592. The minimum Gasteiger partial charge on any atom is -0.307 e. The Morgan fingerprint density at radius 1 is 1.78 bits per heavy atom. The minimum atomic E-state index is 0.369. The van der Waals surface area contributed by atoms with Crippen molar-refractivity contribution >= 4 is 5.78 Å². The maximum atomic E-state index is 10.7. The maximum Gasteiger partial charge on any atom is 0.148 e. The van der Waals surface area contributed by atoms with Gasteiger partial charge < -0.3 is 5.32 Å². The molecule has 0 amide bonds. The summed E-state index contributed by atoms with van der Waals surface area (Å²) in [5, 5.41) is 3.16. The van der Waals surface area contributed by atoms with Crippen molar-refractivity contribution in [2.45, 2.75) is 32.2 Å². The summed E-state index contributed by atoms with van der Waals surface area (Å²) in [5.74, 6) is 0.369. The molecular weight excluding hydrogens is 114 g/mol. The fourth-order valence-electron chi connectivity index (χ4n) is 1.23. The van der Waals surface area contributed by atoms with Crippen LogP contribution in [0, 0.1) is 0 Å². The number of hydrogen-bond donors (Lipinski definition) is 1. The zero-order valence-corrected chi connectivity index (χ0v) is 5.81. The van der Waals surface area contributed by atoms with E-state index in [9.17, 15) is 4.79 Å². The molecule has 1 atom stereocenters. The van der Waals surface area contributed by atoms with Gasteiger partial charge in [-0.05, 0) is 6.42 Å². The summed E-state index contributed by atoms with van der Waals surface area (Å²) < 4.78 is 0. The van der Waals surface area contributed by atoms with E-state index in [-0.39, 0.29) is 0 Å². The second kappa shape index (κ2) is 2.97. The molecule has 2 heteroatoms. The average Bonchev–Trinajstić information content (AvgIpc) is 2.17. The molecular formula is C7H13NO. The summed E-state index contributed by atoms with van der Waals surface area (Å²) >= 11 is 0. The monoisotopic (exact) mass is 127 g/mol. The van der Waals surface area contributed by atoms with Gasteiger partial charge in [0.2, 0.25) is 0 Å². The highest BCUT2D eigenvalue weighted by Gasteiger charge is 2.19. The Morgan fingerprint density at radius 3 is 3.00 bits per heavy atom. The van der Waals surface area contributed by atoms with Crippen LogP contribution in [0.25, 0.3) is 0 Å². The third kappa shape index (κ3) is 1.79. The molecule has 1 unspecified atom stereocenters. The van der Waals surface area contributed by atoms with Crippen molar-refractivity contribution in [3.05, 3.63) is 0 Å². The fraction of sp³-hybridized carbons (Fsp3) is 0.857. The maximum absolute atomic E-state index is 10.7. The van der Waals surface area contributed by atoms with Gasteiger partial charge in [-0.3, -0.25) is 4.79 Å². The molecule has 0 aromatic carbocycles. The van der Waals surface area contributed by atoms with E-state index in [0.717, 1.165) is 12.8 Å². The van der Waals surface area contributed by atoms with Crippen molar-refractivity contribution in [2.24, 2.45) is 0 Å². The second-order valence-electron chi connectivity index (χ2n) is 2.61. The average molecular weight is 127 g/mol. The van der Waals surface area contributed by atoms with Gasteiger partial charge in [-0.1, -0.05) is 13.3 Å². The van der Waals surface area contributed by atoms with E-state index < -0.39 is 0 Å². The zero-order chi connectivity index (χ0) is 6.69. The Hall–Kier alpha value is -0.370. The predicted octanol–water partition coefficient (Wildman–Crippen LogP) is 0.718. The van der Waals surface area contributed by atoms with Crippen LogP contribution in [0.1, 0.15) is 26.2 Å². The van der Waals surface area contributed by atoms with Crippen LogP contribution in [0.5, 0.6) is 0 Å². The molecule has 1 N–H and O–H groups in total. The molecule has 0 aromatic heterocycles. The van der Waals surface area contributed by atoms with E-state index in [0.29, 0.717) is 18.4 Å². The van der Waals surface area contributed by atoms with Gasteiger partial charge in [0, 0.05) is 12.5 Å². The lowest BCUT2D eigenvalue weighted by Gasteiger charge is -2.04. The summed E-state index contributed by atoms with van der Waals surface area (Å²) in [6.45, 7) is 2.75. The number of nitrogens with one attached hydrogen (secondary N) is 1. The first-order chi connectivity index (χ1) is 4.33. The molecule has 1 fully saturated rings. The first-order valence-corrected chi connectivity index (χ1v) is 3.58. The van der Waals surface area contributed by atoms with Crippen molar-refractivity contribution in [1.29, 1.82) is 0 Å². The van der Waals surface area contributed by atoms with Crippen LogP contribution in [-0.4, -0.2) is 18.4 Å². The fourth-order valence-corrected chi connectivity index (χ4v) is 1.23. The van der Waals surface area contributed by atoms with Gasteiger partial charge in [0.1, 0.15) is 5.78 Å². The molecule has 0 radical (unpaired) electrons. The second-order valence-corrected chi connectivity index (χ2v) is 2.61. The number of hydrogen-bond acceptors (Lipinski definition) is 2. The Bertz CT molecular complexity index is 111. The molecule has 0 aliphatic carbocycles. The largest absolute Gasteiger partial charge is 0.307 e. The third-order valence-electron chi connectivity index (χ3n) is 1.70. The van der Waals surface area contributed by atoms with Crippen molar-refractivity contribution in [1.82, 2.24) is 5.32 Å². The molecule has 0 saturated carbocycles. The normalized spacial score (nSPS) is 27.2. The molecule has 1 heterocycles. The zero-order valence-electron chi connectivity index (χ0n) is 5.81. The topological polar surface area (TPSA) is 29.1 Å². The number of carbonyl (C=O) groups is 1. The van der Waals surface area contributed by atoms with Crippen LogP contribution >= 0.6 is 0 Å². The third-order valence-corrected chi connectivity index (χ3v) is 1.70. The molecule has 1 aliphatic rings. The summed E-state index contributed by atoms with van der Waals surface area (Å²) in [7, 11) is 0. The number of Topliss-reactive ketones (excluding diaryl/α,β-unsaturated/α-hetero) is 1. The van der Waals surface area contributed by atoms with E-state index in [2.05, 4.69) is 12.2 Å². The van der Waals surface area contributed by atoms with E-state index in [1.54, 1.807) is 0 Å². The highest BCUT2D eigenvalue weighted by atomic mass is 16.1. The van der Waals surface area contributed by atoms with Gasteiger partial charge in [-0.25, -0.2) is 0 Å². The summed E-state index contributed by atoms with van der Waals surface area (Å²) in [5.41, 5.74) is 0. The van der Waals surface area contributed by atoms with E-state index in [1.807, 2.05) is 0 Å². The molecule has 0 aromatic rings. The first kappa shape index (κ1) is 6.75.